The van der Waals surface area contributed by atoms with Gasteiger partial charge in [0, 0.05) is 0 Å². The second-order valence-corrected chi connectivity index (χ2v) is 6.11. The SMILES string of the molecule is CCCCCCCC(CCCCC)C[C@@H](O)[C@H](C)O. The fraction of sp³-hybridized carbons (Fsp3) is 1.00. The van der Waals surface area contributed by atoms with E-state index in [9.17, 15) is 10.2 Å². The van der Waals surface area contributed by atoms with Crippen LogP contribution in [0, 0.1) is 5.92 Å². The predicted molar refractivity (Wildman–Crippen MR) is 83.3 cm³/mol. The Morgan fingerprint density at radius 1 is 0.737 bits per heavy atom. The molecule has 3 atom stereocenters. The average molecular weight is 272 g/mol. The average Bonchev–Trinajstić information content (AvgIpc) is 2.38. The van der Waals surface area contributed by atoms with Crippen molar-refractivity contribution in [3.05, 3.63) is 0 Å². The molecule has 2 N–H and O–H groups in total. The van der Waals surface area contributed by atoms with Crippen LogP contribution < -0.4 is 0 Å². The third kappa shape index (κ3) is 11.4. The molecule has 0 bridgehead atoms. The summed E-state index contributed by atoms with van der Waals surface area (Å²) < 4.78 is 0. The third-order valence-corrected chi connectivity index (χ3v) is 4.06. The van der Waals surface area contributed by atoms with Gasteiger partial charge in [-0.3, -0.25) is 0 Å². The maximum Gasteiger partial charge on any atom is 0.0799 e. The molecule has 0 aromatic heterocycles. The van der Waals surface area contributed by atoms with E-state index in [0.717, 1.165) is 6.42 Å². The summed E-state index contributed by atoms with van der Waals surface area (Å²) in [6.45, 7) is 6.16. The minimum atomic E-state index is -0.589. The molecule has 1 unspecified atom stereocenters. The first-order chi connectivity index (χ1) is 9.11. The van der Waals surface area contributed by atoms with Crippen LogP contribution in [0.25, 0.3) is 0 Å². The smallest absolute Gasteiger partial charge is 0.0799 e. The molecule has 2 nitrogen and oxygen atoms in total. The topological polar surface area (TPSA) is 40.5 Å². The Balaban J connectivity index is 3.88. The molecular weight excluding hydrogens is 236 g/mol. The summed E-state index contributed by atoms with van der Waals surface area (Å²) in [6.07, 6.45) is 12.5. The van der Waals surface area contributed by atoms with E-state index >= 15 is 0 Å². The van der Waals surface area contributed by atoms with Gasteiger partial charge in [0.1, 0.15) is 0 Å². The molecule has 0 aliphatic heterocycles. The summed E-state index contributed by atoms with van der Waals surface area (Å²) in [7, 11) is 0. The van der Waals surface area contributed by atoms with Crippen molar-refractivity contribution in [1.29, 1.82) is 0 Å². The van der Waals surface area contributed by atoms with Crippen LogP contribution in [0.3, 0.4) is 0 Å². The zero-order valence-corrected chi connectivity index (χ0v) is 13.4. The minimum Gasteiger partial charge on any atom is -0.391 e. The Labute approximate surface area is 120 Å². The molecule has 0 spiro atoms. The quantitative estimate of drug-likeness (QED) is 0.478. The maximum atomic E-state index is 9.84. The first-order valence-corrected chi connectivity index (χ1v) is 8.47. The molecule has 0 saturated heterocycles. The highest BCUT2D eigenvalue weighted by molar-refractivity contribution is 4.69. The normalized spacial score (nSPS) is 16.3. The molecule has 0 aliphatic carbocycles. The van der Waals surface area contributed by atoms with Gasteiger partial charge in [0.15, 0.2) is 0 Å². The Bertz CT molecular complexity index is 180. The summed E-state index contributed by atoms with van der Waals surface area (Å²) in [5, 5.41) is 19.3. The maximum absolute atomic E-state index is 9.84. The summed E-state index contributed by atoms with van der Waals surface area (Å²) in [5.74, 6) is 0.595. The molecular formula is C17H36O2. The van der Waals surface area contributed by atoms with Crippen LogP contribution in [0.4, 0.5) is 0 Å². The number of aliphatic hydroxyl groups excluding tert-OH is 2. The Hall–Kier alpha value is -0.0800. The largest absolute Gasteiger partial charge is 0.391 e. The van der Waals surface area contributed by atoms with Gasteiger partial charge in [-0.2, -0.15) is 0 Å². The molecule has 0 radical (unpaired) electrons. The van der Waals surface area contributed by atoms with Crippen molar-refractivity contribution in [2.24, 2.45) is 5.92 Å². The highest BCUT2D eigenvalue weighted by Crippen LogP contribution is 2.23. The van der Waals surface area contributed by atoms with Crippen molar-refractivity contribution in [3.63, 3.8) is 0 Å². The molecule has 0 fully saturated rings. The zero-order valence-electron chi connectivity index (χ0n) is 13.4. The van der Waals surface area contributed by atoms with Crippen LogP contribution in [-0.2, 0) is 0 Å². The van der Waals surface area contributed by atoms with E-state index in [0.29, 0.717) is 5.92 Å². The van der Waals surface area contributed by atoms with Gasteiger partial charge >= 0.3 is 0 Å². The summed E-state index contributed by atoms with van der Waals surface area (Å²) in [4.78, 5) is 0. The van der Waals surface area contributed by atoms with Gasteiger partial charge in [-0.15, -0.1) is 0 Å². The van der Waals surface area contributed by atoms with Crippen molar-refractivity contribution < 1.29 is 10.2 Å². The first-order valence-electron chi connectivity index (χ1n) is 8.47. The number of rotatable bonds is 13. The molecule has 0 aromatic rings. The number of hydrogen-bond donors (Lipinski definition) is 2. The van der Waals surface area contributed by atoms with Crippen molar-refractivity contribution in [1.82, 2.24) is 0 Å². The Morgan fingerprint density at radius 3 is 1.74 bits per heavy atom. The molecule has 0 heterocycles. The van der Waals surface area contributed by atoms with E-state index in [1.807, 2.05) is 0 Å². The van der Waals surface area contributed by atoms with Crippen LogP contribution in [0.5, 0.6) is 0 Å². The highest BCUT2D eigenvalue weighted by atomic mass is 16.3. The lowest BCUT2D eigenvalue weighted by Gasteiger charge is -2.22. The monoisotopic (exact) mass is 272 g/mol. The molecule has 0 saturated carbocycles. The lowest BCUT2D eigenvalue weighted by Crippen LogP contribution is -2.25. The summed E-state index contributed by atoms with van der Waals surface area (Å²) in [6, 6.07) is 0. The van der Waals surface area contributed by atoms with Crippen molar-refractivity contribution in [3.8, 4) is 0 Å². The molecule has 2 heteroatoms. The molecule has 116 valence electrons. The van der Waals surface area contributed by atoms with Crippen LogP contribution in [0.15, 0.2) is 0 Å². The van der Waals surface area contributed by atoms with Gasteiger partial charge in [-0.25, -0.2) is 0 Å². The number of hydrogen-bond acceptors (Lipinski definition) is 2. The van der Waals surface area contributed by atoms with E-state index in [-0.39, 0.29) is 0 Å². The van der Waals surface area contributed by atoms with E-state index < -0.39 is 12.2 Å². The standard InChI is InChI=1S/C17H36O2/c1-4-6-8-9-11-13-16(12-10-7-5-2)14-17(19)15(3)18/h15-19H,4-14H2,1-3H3/t15-,16?,17+/m0/s1. The van der Waals surface area contributed by atoms with E-state index in [1.165, 1.54) is 64.2 Å². The van der Waals surface area contributed by atoms with Crippen molar-refractivity contribution >= 4 is 0 Å². The van der Waals surface area contributed by atoms with Crippen LogP contribution in [0.2, 0.25) is 0 Å². The van der Waals surface area contributed by atoms with Crippen LogP contribution in [-0.4, -0.2) is 22.4 Å². The highest BCUT2D eigenvalue weighted by Gasteiger charge is 2.17. The van der Waals surface area contributed by atoms with Gasteiger partial charge in [0.2, 0.25) is 0 Å². The third-order valence-electron chi connectivity index (χ3n) is 4.06. The van der Waals surface area contributed by atoms with Crippen LogP contribution in [0.1, 0.15) is 91.4 Å². The lowest BCUT2D eigenvalue weighted by molar-refractivity contribution is 0.0138. The Morgan fingerprint density at radius 2 is 1.21 bits per heavy atom. The Kier molecular flexibility index (Phi) is 12.9. The molecule has 0 rings (SSSR count). The van der Waals surface area contributed by atoms with E-state index in [1.54, 1.807) is 6.92 Å². The van der Waals surface area contributed by atoms with Gasteiger partial charge < -0.3 is 10.2 Å². The van der Waals surface area contributed by atoms with Crippen molar-refractivity contribution in [2.75, 3.05) is 0 Å². The first kappa shape index (κ1) is 18.9. The predicted octanol–water partition coefficient (Wildman–Crippen LogP) is 4.68. The van der Waals surface area contributed by atoms with E-state index in [2.05, 4.69) is 13.8 Å². The zero-order chi connectivity index (χ0) is 14.5. The van der Waals surface area contributed by atoms with Crippen molar-refractivity contribution in [2.45, 2.75) is 104 Å². The second-order valence-electron chi connectivity index (χ2n) is 6.11. The second kappa shape index (κ2) is 12.9. The number of unbranched alkanes of at least 4 members (excludes halogenated alkanes) is 6. The minimum absolute atomic E-state index is 0.540. The summed E-state index contributed by atoms with van der Waals surface area (Å²) in [5.41, 5.74) is 0. The fourth-order valence-corrected chi connectivity index (χ4v) is 2.64. The molecule has 0 amide bonds. The number of aliphatic hydroxyl groups is 2. The molecule has 0 aromatic carbocycles. The fourth-order valence-electron chi connectivity index (χ4n) is 2.64. The van der Waals surface area contributed by atoms with Crippen LogP contribution >= 0.6 is 0 Å². The van der Waals surface area contributed by atoms with Gasteiger partial charge in [0.05, 0.1) is 12.2 Å². The van der Waals surface area contributed by atoms with E-state index in [4.69, 9.17) is 0 Å². The van der Waals surface area contributed by atoms with Gasteiger partial charge in [-0.1, -0.05) is 78.1 Å². The lowest BCUT2D eigenvalue weighted by atomic mass is 9.88. The molecule has 19 heavy (non-hydrogen) atoms. The van der Waals surface area contributed by atoms with Gasteiger partial charge in [0.25, 0.3) is 0 Å². The summed E-state index contributed by atoms with van der Waals surface area (Å²) >= 11 is 0. The molecule has 0 aliphatic rings. The van der Waals surface area contributed by atoms with Gasteiger partial charge in [-0.05, 0) is 19.3 Å².